The molecule has 0 aliphatic carbocycles. The minimum atomic E-state index is -0.586. The van der Waals surface area contributed by atoms with E-state index in [1.807, 2.05) is 31.2 Å². The van der Waals surface area contributed by atoms with Gasteiger partial charge in [-0.2, -0.15) is 0 Å². The number of rotatable bonds is 8. The smallest absolute Gasteiger partial charge is 0.284 e. The number of hydrogen-bond donors (Lipinski definition) is 3. The average molecular weight is 344 g/mol. The number of aliphatic imine (C=N–C) groups is 1. The maximum absolute atomic E-state index is 11.0. The number of nitrogens with one attached hydrogen (secondary N) is 2. The Morgan fingerprint density at radius 2 is 2.04 bits per heavy atom. The highest BCUT2D eigenvalue weighted by Crippen LogP contribution is 2.17. The van der Waals surface area contributed by atoms with Gasteiger partial charge in [-0.25, -0.2) is 4.99 Å². The first-order valence-electron chi connectivity index (χ1n) is 8.16. The summed E-state index contributed by atoms with van der Waals surface area (Å²) in [6.07, 6.45) is 0.807. The second kappa shape index (κ2) is 9.36. The lowest BCUT2D eigenvalue weighted by Gasteiger charge is -2.12. The summed E-state index contributed by atoms with van der Waals surface area (Å²) in [5.74, 6) is 1.68. The summed E-state index contributed by atoms with van der Waals surface area (Å²) in [6, 6.07) is 11.2. The van der Waals surface area contributed by atoms with Crippen molar-refractivity contribution in [3.63, 3.8) is 0 Å². The van der Waals surface area contributed by atoms with E-state index in [9.17, 15) is 4.79 Å². The molecule has 1 aromatic carbocycles. The molecule has 134 valence electrons. The molecule has 4 N–H and O–H groups in total. The zero-order chi connectivity index (χ0) is 18.1. The fourth-order valence-corrected chi connectivity index (χ4v) is 2.32. The predicted octanol–water partition coefficient (Wildman–Crippen LogP) is 1.68. The second-order valence-corrected chi connectivity index (χ2v) is 5.31. The van der Waals surface area contributed by atoms with E-state index in [0.29, 0.717) is 24.8 Å². The van der Waals surface area contributed by atoms with Crippen molar-refractivity contribution in [1.82, 2.24) is 10.6 Å². The van der Waals surface area contributed by atoms with Gasteiger partial charge in [-0.3, -0.25) is 4.79 Å². The average Bonchev–Trinajstić information content (AvgIpc) is 3.09. The third-order valence-electron chi connectivity index (χ3n) is 3.52. The number of ether oxygens (including phenoxy) is 1. The third-order valence-corrected chi connectivity index (χ3v) is 3.52. The van der Waals surface area contributed by atoms with Crippen LogP contribution >= 0.6 is 0 Å². The van der Waals surface area contributed by atoms with Crippen LogP contribution in [0.15, 0.2) is 45.8 Å². The number of para-hydroxylation sites is 1. The van der Waals surface area contributed by atoms with Crippen LogP contribution in [-0.2, 0) is 13.0 Å². The van der Waals surface area contributed by atoms with Gasteiger partial charge in [0.2, 0.25) is 0 Å². The normalized spacial score (nSPS) is 11.2. The van der Waals surface area contributed by atoms with E-state index < -0.39 is 5.91 Å². The van der Waals surface area contributed by atoms with Crippen molar-refractivity contribution in [3.05, 3.63) is 53.5 Å². The molecule has 0 aliphatic rings. The molecule has 0 unspecified atom stereocenters. The van der Waals surface area contributed by atoms with Crippen molar-refractivity contribution in [2.75, 3.05) is 20.2 Å². The third kappa shape index (κ3) is 5.56. The number of amides is 1. The molecule has 1 aromatic heterocycles. The van der Waals surface area contributed by atoms with E-state index in [4.69, 9.17) is 14.9 Å². The second-order valence-electron chi connectivity index (χ2n) is 5.31. The minimum Gasteiger partial charge on any atom is -0.496 e. The van der Waals surface area contributed by atoms with Crippen LogP contribution in [-0.4, -0.2) is 32.1 Å². The standard InChI is InChI=1S/C18H24N4O3/c1-3-20-18(22-12-14-8-9-16(25-14)17(19)23)21-11-10-13-6-4-5-7-15(13)24-2/h4-9H,3,10-12H2,1-2H3,(H2,19,23)(H2,20,21,22). The highest BCUT2D eigenvalue weighted by Gasteiger charge is 2.07. The highest BCUT2D eigenvalue weighted by atomic mass is 16.5. The van der Waals surface area contributed by atoms with Gasteiger partial charge in [-0.05, 0) is 37.1 Å². The van der Waals surface area contributed by atoms with Crippen LogP contribution in [0.3, 0.4) is 0 Å². The van der Waals surface area contributed by atoms with Gasteiger partial charge in [0.05, 0.1) is 7.11 Å². The number of nitrogens with zero attached hydrogens (tertiary/aromatic N) is 1. The zero-order valence-electron chi connectivity index (χ0n) is 14.5. The molecule has 1 heterocycles. The van der Waals surface area contributed by atoms with Gasteiger partial charge in [0.1, 0.15) is 18.1 Å². The van der Waals surface area contributed by atoms with Crippen molar-refractivity contribution in [2.45, 2.75) is 19.9 Å². The van der Waals surface area contributed by atoms with Crippen molar-refractivity contribution < 1.29 is 13.9 Å². The lowest BCUT2D eigenvalue weighted by molar-refractivity contribution is 0.0972. The van der Waals surface area contributed by atoms with Crippen molar-refractivity contribution in [3.8, 4) is 5.75 Å². The molecule has 0 fully saturated rings. The molecule has 7 nitrogen and oxygen atoms in total. The van der Waals surface area contributed by atoms with Gasteiger partial charge in [0.15, 0.2) is 11.7 Å². The summed E-state index contributed by atoms with van der Waals surface area (Å²) in [4.78, 5) is 15.5. The van der Waals surface area contributed by atoms with Gasteiger partial charge in [0, 0.05) is 13.1 Å². The summed E-state index contributed by atoms with van der Waals surface area (Å²) in [6.45, 7) is 3.76. The number of carbonyl (C=O) groups excluding carboxylic acids is 1. The molecule has 0 spiro atoms. The topological polar surface area (TPSA) is 102 Å². The lowest BCUT2D eigenvalue weighted by atomic mass is 10.1. The molecule has 25 heavy (non-hydrogen) atoms. The molecule has 0 aliphatic heterocycles. The van der Waals surface area contributed by atoms with Crippen LogP contribution in [0.5, 0.6) is 5.75 Å². The quantitative estimate of drug-likeness (QED) is 0.499. The molecule has 0 atom stereocenters. The number of methoxy groups -OCH3 is 1. The number of carbonyl (C=O) groups is 1. The molecule has 0 bridgehead atoms. The van der Waals surface area contributed by atoms with E-state index >= 15 is 0 Å². The highest BCUT2D eigenvalue weighted by molar-refractivity contribution is 5.89. The Labute approximate surface area is 147 Å². The molecule has 1 amide bonds. The van der Waals surface area contributed by atoms with Gasteiger partial charge < -0.3 is 25.5 Å². The monoisotopic (exact) mass is 344 g/mol. The maximum atomic E-state index is 11.0. The first kappa shape index (κ1) is 18.4. The van der Waals surface area contributed by atoms with Gasteiger partial charge >= 0.3 is 0 Å². The minimum absolute atomic E-state index is 0.138. The fraction of sp³-hybridized carbons (Fsp3) is 0.333. The van der Waals surface area contributed by atoms with E-state index in [1.165, 1.54) is 0 Å². The molecule has 2 aromatic rings. The summed E-state index contributed by atoms with van der Waals surface area (Å²) in [5, 5.41) is 6.44. The Balaban J connectivity index is 1.91. The summed E-state index contributed by atoms with van der Waals surface area (Å²) < 4.78 is 10.7. The van der Waals surface area contributed by atoms with Crippen LogP contribution in [0.1, 0.15) is 28.8 Å². The van der Waals surface area contributed by atoms with Gasteiger partial charge in [-0.15, -0.1) is 0 Å². The molecule has 0 saturated heterocycles. The van der Waals surface area contributed by atoms with Crippen LogP contribution in [0.2, 0.25) is 0 Å². The van der Waals surface area contributed by atoms with Crippen LogP contribution < -0.4 is 21.1 Å². The van der Waals surface area contributed by atoms with Gasteiger partial charge in [0.25, 0.3) is 5.91 Å². The first-order chi connectivity index (χ1) is 12.1. The Bertz CT molecular complexity index is 725. The SMILES string of the molecule is CCNC(=NCc1ccc(C(N)=O)o1)NCCc1ccccc1OC. The number of hydrogen-bond acceptors (Lipinski definition) is 4. The summed E-state index contributed by atoms with van der Waals surface area (Å²) in [5.41, 5.74) is 6.30. The molecular formula is C18H24N4O3. The predicted molar refractivity (Wildman–Crippen MR) is 96.7 cm³/mol. The van der Waals surface area contributed by atoms with Crippen molar-refractivity contribution in [1.29, 1.82) is 0 Å². The van der Waals surface area contributed by atoms with Gasteiger partial charge in [-0.1, -0.05) is 18.2 Å². The lowest BCUT2D eigenvalue weighted by Crippen LogP contribution is -2.38. The Morgan fingerprint density at radius 3 is 2.72 bits per heavy atom. The maximum Gasteiger partial charge on any atom is 0.284 e. The van der Waals surface area contributed by atoms with E-state index in [0.717, 1.165) is 24.3 Å². The van der Waals surface area contributed by atoms with E-state index in [-0.39, 0.29) is 5.76 Å². The van der Waals surface area contributed by atoms with E-state index in [2.05, 4.69) is 15.6 Å². The molecule has 0 radical (unpaired) electrons. The first-order valence-corrected chi connectivity index (χ1v) is 8.16. The van der Waals surface area contributed by atoms with E-state index in [1.54, 1.807) is 19.2 Å². The Hall–Kier alpha value is -2.96. The molecule has 7 heteroatoms. The Kier molecular flexibility index (Phi) is 6.88. The van der Waals surface area contributed by atoms with Crippen LogP contribution in [0, 0.1) is 0 Å². The van der Waals surface area contributed by atoms with Crippen molar-refractivity contribution in [2.24, 2.45) is 10.7 Å². The zero-order valence-corrected chi connectivity index (χ0v) is 14.5. The largest absolute Gasteiger partial charge is 0.496 e. The number of primary amides is 1. The number of furan rings is 1. The molecule has 2 rings (SSSR count). The number of benzene rings is 1. The Morgan fingerprint density at radius 1 is 1.24 bits per heavy atom. The molecule has 0 saturated carbocycles. The number of guanidine groups is 1. The number of nitrogens with two attached hydrogens (primary N) is 1. The van der Waals surface area contributed by atoms with Crippen LogP contribution in [0.25, 0.3) is 0 Å². The molecular weight excluding hydrogens is 320 g/mol. The van der Waals surface area contributed by atoms with Crippen molar-refractivity contribution >= 4 is 11.9 Å². The van der Waals surface area contributed by atoms with Crippen LogP contribution in [0.4, 0.5) is 0 Å². The summed E-state index contributed by atoms with van der Waals surface area (Å²) in [7, 11) is 1.67. The fourth-order valence-electron chi connectivity index (χ4n) is 2.32. The summed E-state index contributed by atoms with van der Waals surface area (Å²) >= 11 is 0.